The van der Waals surface area contributed by atoms with Gasteiger partial charge in [0.25, 0.3) is 5.91 Å². The molecule has 0 radical (unpaired) electrons. The molecular formula is C16H19NO2. The highest BCUT2D eigenvalue weighted by molar-refractivity contribution is 5.94. The third-order valence-electron chi connectivity index (χ3n) is 3.21. The summed E-state index contributed by atoms with van der Waals surface area (Å²) in [5.41, 5.74) is 1.37. The van der Waals surface area contributed by atoms with Gasteiger partial charge in [-0.3, -0.25) is 4.79 Å². The number of amides is 1. The standard InChI is InChI=1S/C16H19NO2/c18-11-3-6-14-4-1-7-15(12-14)16(19)17-10-2-5-13-8-9-13/h1,4,7,12-13,18H,2,5,8-11H2,(H,17,19). The van der Waals surface area contributed by atoms with Crippen LogP contribution >= 0.6 is 0 Å². The minimum Gasteiger partial charge on any atom is -0.384 e. The van der Waals surface area contributed by atoms with Crippen LogP contribution in [0.4, 0.5) is 0 Å². The molecule has 1 amide bonds. The maximum atomic E-state index is 11.9. The Morgan fingerprint density at radius 3 is 3.00 bits per heavy atom. The van der Waals surface area contributed by atoms with Gasteiger partial charge in [0, 0.05) is 17.7 Å². The minimum absolute atomic E-state index is 0.0524. The van der Waals surface area contributed by atoms with Gasteiger partial charge < -0.3 is 10.4 Å². The summed E-state index contributed by atoms with van der Waals surface area (Å²) in [7, 11) is 0. The Labute approximate surface area is 114 Å². The van der Waals surface area contributed by atoms with Gasteiger partial charge in [0.05, 0.1) is 0 Å². The maximum absolute atomic E-state index is 11.9. The smallest absolute Gasteiger partial charge is 0.251 e. The molecule has 1 saturated carbocycles. The predicted molar refractivity (Wildman–Crippen MR) is 74.7 cm³/mol. The first kappa shape index (κ1) is 13.6. The molecule has 0 heterocycles. The van der Waals surface area contributed by atoms with E-state index < -0.39 is 0 Å². The summed E-state index contributed by atoms with van der Waals surface area (Å²) >= 11 is 0. The van der Waals surface area contributed by atoms with Crippen molar-refractivity contribution in [3.05, 3.63) is 35.4 Å². The number of benzene rings is 1. The van der Waals surface area contributed by atoms with Crippen LogP contribution in [0, 0.1) is 17.8 Å². The summed E-state index contributed by atoms with van der Waals surface area (Å²) in [6.07, 6.45) is 5.00. The Morgan fingerprint density at radius 1 is 1.42 bits per heavy atom. The molecule has 0 aliphatic heterocycles. The summed E-state index contributed by atoms with van der Waals surface area (Å²) in [6.45, 7) is 0.569. The molecule has 1 aromatic rings. The Balaban J connectivity index is 1.83. The van der Waals surface area contributed by atoms with Crippen LogP contribution in [-0.4, -0.2) is 24.2 Å². The molecule has 3 heteroatoms. The van der Waals surface area contributed by atoms with Crippen molar-refractivity contribution < 1.29 is 9.90 Å². The molecule has 0 atom stereocenters. The van der Waals surface area contributed by atoms with Gasteiger partial charge in [-0.05, 0) is 37.0 Å². The third-order valence-corrected chi connectivity index (χ3v) is 3.21. The Hall–Kier alpha value is -1.79. The van der Waals surface area contributed by atoms with Crippen LogP contribution in [-0.2, 0) is 0 Å². The van der Waals surface area contributed by atoms with Gasteiger partial charge in [-0.15, -0.1) is 0 Å². The fraction of sp³-hybridized carbons (Fsp3) is 0.438. The van der Waals surface area contributed by atoms with Gasteiger partial charge in [-0.1, -0.05) is 30.7 Å². The van der Waals surface area contributed by atoms with Crippen molar-refractivity contribution in [3.63, 3.8) is 0 Å². The SMILES string of the molecule is O=C(NCCCC1CC1)c1cccc(C#CCO)c1. The van der Waals surface area contributed by atoms with Crippen LogP contribution in [0.1, 0.15) is 41.6 Å². The lowest BCUT2D eigenvalue weighted by atomic mass is 10.1. The fourth-order valence-corrected chi connectivity index (χ4v) is 1.98. The molecule has 0 saturated heterocycles. The van der Waals surface area contributed by atoms with Crippen LogP contribution < -0.4 is 5.32 Å². The molecule has 2 rings (SSSR count). The van der Waals surface area contributed by atoms with E-state index in [1.54, 1.807) is 18.2 Å². The molecule has 19 heavy (non-hydrogen) atoms. The van der Waals surface area contributed by atoms with Crippen molar-refractivity contribution in [3.8, 4) is 11.8 Å². The zero-order chi connectivity index (χ0) is 13.5. The zero-order valence-electron chi connectivity index (χ0n) is 11.0. The van der Waals surface area contributed by atoms with E-state index in [4.69, 9.17) is 5.11 Å². The third kappa shape index (κ3) is 4.76. The Morgan fingerprint density at radius 2 is 2.26 bits per heavy atom. The van der Waals surface area contributed by atoms with Crippen LogP contribution in [0.15, 0.2) is 24.3 Å². The normalized spacial score (nSPS) is 13.5. The molecule has 0 unspecified atom stereocenters. The number of rotatable bonds is 5. The number of carbonyl (C=O) groups excluding carboxylic acids is 1. The highest BCUT2D eigenvalue weighted by Gasteiger charge is 2.20. The second-order valence-corrected chi connectivity index (χ2v) is 4.88. The van der Waals surface area contributed by atoms with Crippen molar-refractivity contribution in [2.75, 3.05) is 13.2 Å². The first-order valence-corrected chi connectivity index (χ1v) is 6.77. The van der Waals surface area contributed by atoms with E-state index >= 15 is 0 Å². The fourth-order valence-electron chi connectivity index (χ4n) is 1.98. The van der Waals surface area contributed by atoms with Gasteiger partial charge in [-0.25, -0.2) is 0 Å². The van der Waals surface area contributed by atoms with Gasteiger partial charge >= 0.3 is 0 Å². The average molecular weight is 257 g/mol. The molecule has 3 nitrogen and oxygen atoms in total. The zero-order valence-corrected chi connectivity index (χ0v) is 11.0. The second kappa shape index (κ2) is 6.96. The summed E-state index contributed by atoms with van der Waals surface area (Å²) in [6, 6.07) is 7.16. The molecule has 1 aliphatic carbocycles. The van der Waals surface area contributed by atoms with E-state index in [9.17, 15) is 4.79 Å². The van der Waals surface area contributed by atoms with Crippen LogP contribution in [0.25, 0.3) is 0 Å². The molecule has 0 spiro atoms. The predicted octanol–water partition coefficient (Wildman–Crippen LogP) is 1.95. The van der Waals surface area contributed by atoms with Crippen molar-refractivity contribution in [2.45, 2.75) is 25.7 Å². The Bertz CT molecular complexity index is 495. The van der Waals surface area contributed by atoms with Gasteiger partial charge in [0.1, 0.15) is 6.61 Å². The second-order valence-electron chi connectivity index (χ2n) is 4.88. The van der Waals surface area contributed by atoms with E-state index in [2.05, 4.69) is 17.2 Å². The highest BCUT2D eigenvalue weighted by atomic mass is 16.2. The van der Waals surface area contributed by atoms with Crippen LogP contribution in [0.2, 0.25) is 0 Å². The summed E-state index contributed by atoms with van der Waals surface area (Å²) in [5, 5.41) is 11.6. The van der Waals surface area contributed by atoms with Gasteiger partial charge in [0.2, 0.25) is 0 Å². The first-order chi connectivity index (χ1) is 9.29. The van der Waals surface area contributed by atoms with Gasteiger partial charge in [-0.2, -0.15) is 0 Å². The number of carbonyl (C=O) groups is 1. The molecule has 1 aliphatic rings. The molecule has 1 fully saturated rings. The quantitative estimate of drug-likeness (QED) is 0.625. The first-order valence-electron chi connectivity index (χ1n) is 6.77. The van der Waals surface area contributed by atoms with Crippen molar-refractivity contribution >= 4 is 5.91 Å². The lowest BCUT2D eigenvalue weighted by molar-refractivity contribution is 0.0953. The largest absolute Gasteiger partial charge is 0.384 e. The van der Waals surface area contributed by atoms with E-state index in [-0.39, 0.29) is 12.5 Å². The van der Waals surface area contributed by atoms with E-state index in [0.717, 1.165) is 24.4 Å². The monoisotopic (exact) mass is 257 g/mol. The van der Waals surface area contributed by atoms with E-state index in [0.29, 0.717) is 5.56 Å². The highest BCUT2D eigenvalue weighted by Crippen LogP contribution is 2.33. The van der Waals surface area contributed by atoms with Crippen molar-refractivity contribution in [1.29, 1.82) is 0 Å². The van der Waals surface area contributed by atoms with E-state index in [1.807, 2.05) is 6.07 Å². The maximum Gasteiger partial charge on any atom is 0.251 e. The lowest BCUT2D eigenvalue weighted by Gasteiger charge is -2.05. The topological polar surface area (TPSA) is 49.3 Å². The number of aliphatic hydroxyl groups is 1. The number of nitrogens with one attached hydrogen (secondary N) is 1. The molecule has 0 bridgehead atoms. The molecule has 2 N–H and O–H groups in total. The minimum atomic E-state index is -0.169. The summed E-state index contributed by atoms with van der Waals surface area (Å²) < 4.78 is 0. The Kier molecular flexibility index (Phi) is 5.00. The van der Waals surface area contributed by atoms with E-state index in [1.165, 1.54) is 19.3 Å². The van der Waals surface area contributed by atoms with Crippen LogP contribution in [0.3, 0.4) is 0 Å². The molecule has 0 aromatic heterocycles. The van der Waals surface area contributed by atoms with Crippen molar-refractivity contribution in [1.82, 2.24) is 5.32 Å². The molecule has 1 aromatic carbocycles. The van der Waals surface area contributed by atoms with Crippen LogP contribution in [0.5, 0.6) is 0 Å². The molecule has 100 valence electrons. The average Bonchev–Trinajstić information content (AvgIpc) is 3.25. The number of hydrogen-bond donors (Lipinski definition) is 2. The lowest BCUT2D eigenvalue weighted by Crippen LogP contribution is -2.24. The van der Waals surface area contributed by atoms with Gasteiger partial charge in [0.15, 0.2) is 0 Å². The summed E-state index contributed by atoms with van der Waals surface area (Å²) in [4.78, 5) is 11.9. The summed E-state index contributed by atoms with van der Waals surface area (Å²) in [5.74, 6) is 6.24. The number of hydrogen-bond acceptors (Lipinski definition) is 2. The number of aliphatic hydroxyl groups excluding tert-OH is 1. The van der Waals surface area contributed by atoms with Crippen molar-refractivity contribution in [2.24, 2.45) is 5.92 Å². The molecular weight excluding hydrogens is 238 g/mol.